The van der Waals surface area contributed by atoms with Crippen LogP contribution < -0.4 is 10.1 Å². The van der Waals surface area contributed by atoms with Gasteiger partial charge in [-0.15, -0.1) is 0 Å². The molecular formula is C13H10N4O2. The van der Waals surface area contributed by atoms with Crippen LogP contribution in [0.4, 0.5) is 10.7 Å². The molecule has 0 atom stereocenters. The van der Waals surface area contributed by atoms with Gasteiger partial charge in [0.25, 0.3) is 0 Å². The lowest BCUT2D eigenvalue weighted by Gasteiger charge is -2.02. The molecule has 94 valence electrons. The molecule has 3 aromatic rings. The molecule has 0 saturated heterocycles. The number of hydrogen-bond acceptors (Lipinski definition) is 4. The van der Waals surface area contributed by atoms with Gasteiger partial charge in [-0.2, -0.15) is 0 Å². The molecule has 0 saturated carbocycles. The van der Waals surface area contributed by atoms with E-state index >= 15 is 0 Å². The van der Waals surface area contributed by atoms with E-state index in [2.05, 4.69) is 20.3 Å². The number of carbonyl (C=O) groups excluding carboxylic acids is 1. The van der Waals surface area contributed by atoms with Crippen molar-refractivity contribution >= 4 is 23.1 Å². The highest BCUT2D eigenvalue weighted by Gasteiger charge is 2.08. The number of H-pyrrole nitrogens is 1. The summed E-state index contributed by atoms with van der Waals surface area (Å²) in [6.07, 6.45) is 0.904. The standard InChI is InChI=1S/C13H10N4O2/c18-13(19-11-7-3-4-8-14-11)17-12-15-9-5-1-2-6-10(9)16-12/h1-8H,(H2,15,16,17,18). The molecule has 0 unspecified atom stereocenters. The van der Waals surface area contributed by atoms with Gasteiger partial charge >= 0.3 is 6.09 Å². The molecule has 1 amide bonds. The number of imidazole rings is 1. The fourth-order valence-corrected chi connectivity index (χ4v) is 1.64. The van der Waals surface area contributed by atoms with E-state index in [4.69, 9.17) is 4.74 Å². The summed E-state index contributed by atoms with van der Waals surface area (Å²) in [7, 11) is 0. The summed E-state index contributed by atoms with van der Waals surface area (Å²) in [5.74, 6) is 0.568. The van der Waals surface area contributed by atoms with Crippen LogP contribution in [0.5, 0.6) is 5.88 Å². The molecule has 1 aromatic carbocycles. The van der Waals surface area contributed by atoms with E-state index in [-0.39, 0.29) is 5.88 Å². The number of aromatic nitrogens is 3. The highest BCUT2D eigenvalue weighted by molar-refractivity contribution is 5.87. The monoisotopic (exact) mass is 254 g/mol. The Morgan fingerprint density at radius 2 is 2.00 bits per heavy atom. The van der Waals surface area contributed by atoms with Gasteiger partial charge < -0.3 is 9.72 Å². The number of fused-ring (bicyclic) bond motifs is 1. The van der Waals surface area contributed by atoms with E-state index in [1.165, 1.54) is 0 Å². The van der Waals surface area contributed by atoms with Crippen molar-refractivity contribution < 1.29 is 9.53 Å². The number of nitrogens with zero attached hydrogens (tertiary/aromatic N) is 2. The largest absolute Gasteiger partial charge is 0.420 e. The summed E-state index contributed by atoms with van der Waals surface area (Å²) in [6, 6.07) is 12.5. The number of benzene rings is 1. The summed E-state index contributed by atoms with van der Waals surface area (Å²) < 4.78 is 4.99. The predicted molar refractivity (Wildman–Crippen MR) is 70.0 cm³/mol. The zero-order valence-electron chi connectivity index (χ0n) is 9.83. The SMILES string of the molecule is O=C(Nc1nc2ccccc2[nH]1)Oc1ccccn1. The van der Waals surface area contributed by atoms with Crippen LogP contribution in [-0.4, -0.2) is 21.0 Å². The van der Waals surface area contributed by atoms with Gasteiger partial charge in [0, 0.05) is 12.3 Å². The van der Waals surface area contributed by atoms with Gasteiger partial charge in [0.15, 0.2) is 0 Å². The fourth-order valence-electron chi connectivity index (χ4n) is 1.64. The van der Waals surface area contributed by atoms with E-state index in [1.807, 2.05) is 24.3 Å². The number of hydrogen-bond donors (Lipinski definition) is 2. The molecule has 3 rings (SSSR count). The summed E-state index contributed by atoms with van der Waals surface area (Å²) in [6.45, 7) is 0. The molecule has 0 aliphatic carbocycles. The number of ether oxygens (including phenoxy) is 1. The summed E-state index contributed by atoms with van der Waals surface area (Å²) >= 11 is 0. The number of nitrogens with one attached hydrogen (secondary N) is 2. The number of amides is 1. The van der Waals surface area contributed by atoms with Crippen molar-refractivity contribution in [1.82, 2.24) is 15.0 Å². The molecule has 19 heavy (non-hydrogen) atoms. The maximum absolute atomic E-state index is 11.6. The van der Waals surface area contributed by atoms with Crippen LogP contribution in [0.2, 0.25) is 0 Å². The highest BCUT2D eigenvalue weighted by Crippen LogP contribution is 2.13. The van der Waals surface area contributed by atoms with Crippen molar-refractivity contribution in [2.75, 3.05) is 5.32 Å². The Bertz CT molecular complexity index is 676. The third kappa shape index (κ3) is 2.52. The van der Waals surface area contributed by atoms with Crippen LogP contribution in [-0.2, 0) is 0 Å². The van der Waals surface area contributed by atoms with Crippen molar-refractivity contribution in [3.8, 4) is 5.88 Å². The molecule has 0 radical (unpaired) electrons. The number of pyridine rings is 1. The van der Waals surface area contributed by atoms with Gasteiger partial charge in [0.1, 0.15) is 0 Å². The first kappa shape index (κ1) is 11.2. The minimum absolute atomic E-state index is 0.233. The van der Waals surface area contributed by atoms with Crippen molar-refractivity contribution in [2.45, 2.75) is 0 Å². The summed E-state index contributed by atoms with van der Waals surface area (Å²) in [5.41, 5.74) is 1.62. The van der Waals surface area contributed by atoms with Crippen LogP contribution in [0.25, 0.3) is 11.0 Å². The molecule has 6 heteroatoms. The van der Waals surface area contributed by atoms with Gasteiger partial charge in [-0.1, -0.05) is 18.2 Å². The molecular weight excluding hydrogens is 244 g/mol. The molecule has 0 aliphatic heterocycles. The molecule has 0 fully saturated rings. The molecule has 0 bridgehead atoms. The molecule has 2 N–H and O–H groups in total. The minimum atomic E-state index is -0.641. The van der Waals surface area contributed by atoms with Crippen molar-refractivity contribution in [1.29, 1.82) is 0 Å². The van der Waals surface area contributed by atoms with E-state index < -0.39 is 6.09 Å². The molecule has 6 nitrogen and oxygen atoms in total. The molecule has 2 aromatic heterocycles. The smallest absolute Gasteiger partial charge is 0.391 e. The third-order valence-electron chi connectivity index (χ3n) is 2.44. The van der Waals surface area contributed by atoms with Crippen molar-refractivity contribution in [3.05, 3.63) is 48.7 Å². The first-order valence-corrected chi connectivity index (χ1v) is 5.66. The van der Waals surface area contributed by atoms with Gasteiger partial charge in [-0.05, 0) is 18.2 Å². The third-order valence-corrected chi connectivity index (χ3v) is 2.44. The van der Waals surface area contributed by atoms with E-state index in [1.54, 1.807) is 24.4 Å². The number of aromatic amines is 1. The van der Waals surface area contributed by atoms with Gasteiger partial charge in [-0.3, -0.25) is 5.32 Å². The highest BCUT2D eigenvalue weighted by atomic mass is 16.6. The maximum Gasteiger partial charge on any atom is 0.420 e. The summed E-state index contributed by atoms with van der Waals surface area (Å²) in [4.78, 5) is 22.7. The topological polar surface area (TPSA) is 79.9 Å². The van der Waals surface area contributed by atoms with E-state index in [9.17, 15) is 4.79 Å². The molecule has 0 spiro atoms. The number of rotatable bonds is 2. The fraction of sp³-hybridized carbons (Fsp3) is 0. The lowest BCUT2D eigenvalue weighted by atomic mass is 10.3. The van der Waals surface area contributed by atoms with Crippen LogP contribution in [0.1, 0.15) is 0 Å². The van der Waals surface area contributed by atoms with Crippen LogP contribution in [0.3, 0.4) is 0 Å². The van der Waals surface area contributed by atoms with Gasteiger partial charge in [0.05, 0.1) is 11.0 Å². The van der Waals surface area contributed by atoms with Crippen LogP contribution in [0.15, 0.2) is 48.7 Å². The lowest BCUT2D eigenvalue weighted by molar-refractivity contribution is 0.213. The number of anilines is 1. The average Bonchev–Trinajstić information content (AvgIpc) is 2.81. The summed E-state index contributed by atoms with van der Waals surface area (Å²) in [5, 5.41) is 2.51. The Kier molecular flexibility index (Phi) is 2.82. The predicted octanol–water partition coefficient (Wildman–Crippen LogP) is 2.57. The zero-order chi connectivity index (χ0) is 13.1. The first-order valence-electron chi connectivity index (χ1n) is 5.66. The van der Waals surface area contributed by atoms with Crippen LogP contribution >= 0.6 is 0 Å². The number of carbonyl (C=O) groups is 1. The first-order chi connectivity index (χ1) is 9.31. The lowest BCUT2D eigenvalue weighted by Crippen LogP contribution is -2.18. The number of para-hydroxylation sites is 2. The second-order valence-electron chi connectivity index (χ2n) is 3.79. The minimum Gasteiger partial charge on any atom is -0.391 e. The quantitative estimate of drug-likeness (QED) is 0.736. The normalized spacial score (nSPS) is 10.3. The molecule has 2 heterocycles. The van der Waals surface area contributed by atoms with E-state index in [0.717, 1.165) is 11.0 Å². The van der Waals surface area contributed by atoms with E-state index in [0.29, 0.717) is 5.95 Å². The van der Waals surface area contributed by atoms with Gasteiger partial charge in [-0.25, -0.2) is 14.8 Å². The van der Waals surface area contributed by atoms with Crippen LogP contribution in [0, 0.1) is 0 Å². The Balaban J connectivity index is 1.72. The Labute approximate surface area is 108 Å². The Morgan fingerprint density at radius 3 is 2.79 bits per heavy atom. The Hall–Kier alpha value is -2.89. The Morgan fingerprint density at radius 1 is 1.16 bits per heavy atom. The second-order valence-corrected chi connectivity index (χ2v) is 3.79. The average molecular weight is 254 g/mol. The molecule has 0 aliphatic rings. The van der Waals surface area contributed by atoms with Gasteiger partial charge in [0.2, 0.25) is 11.8 Å². The maximum atomic E-state index is 11.6. The second kappa shape index (κ2) is 4.77. The van der Waals surface area contributed by atoms with Crippen molar-refractivity contribution in [3.63, 3.8) is 0 Å². The van der Waals surface area contributed by atoms with Crippen molar-refractivity contribution in [2.24, 2.45) is 0 Å². The zero-order valence-corrected chi connectivity index (χ0v) is 9.83.